The Balaban J connectivity index is 1.72. The van der Waals surface area contributed by atoms with Crippen molar-refractivity contribution < 1.29 is 18.0 Å². The first-order valence-electron chi connectivity index (χ1n) is 7.12. The van der Waals surface area contributed by atoms with E-state index >= 15 is 0 Å². The largest absolute Gasteiger partial charge is 0.323 e. The maximum Gasteiger partial charge on any atom is 0.256 e. The number of aryl methyl sites for hydroxylation is 2. The van der Waals surface area contributed by atoms with Crippen molar-refractivity contribution in [2.45, 2.75) is 19.0 Å². The van der Waals surface area contributed by atoms with Crippen LogP contribution in [0.25, 0.3) is 5.78 Å². The molecule has 25 heavy (non-hydrogen) atoms. The molecular formula is C15H12F3N5OS. The highest BCUT2D eigenvalue weighted by atomic mass is 32.2. The van der Waals surface area contributed by atoms with Crippen molar-refractivity contribution in [3.8, 4) is 0 Å². The molecule has 1 aromatic carbocycles. The summed E-state index contributed by atoms with van der Waals surface area (Å²) in [5.74, 6) is -4.70. The number of fused-ring (bicyclic) bond motifs is 1. The monoisotopic (exact) mass is 367 g/mol. The van der Waals surface area contributed by atoms with E-state index in [9.17, 15) is 18.0 Å². The van der Waals surface area contributed by atoms with Crippen LogP contribution in [0.2, 0.25) is 0 Å². The van der Waals surface area contributed by atoms with Gasteiger partial charge in [-0.05, 0) is 32.0 Å². The van der Waals surface area contributed by atoms with Crippen LogP contribution in [-0.4, -0.2) is 31.2 Å². The van der Waals surface area contributed by atoms with Crippen LogP contribution in [0.4, 0.5) is 18.9 Å². The molecule has 0 aliphatic carbocycles. The van der Waals surface area contributed by atoms with Crippen molar-refractivity contribution in [2.75, 3.05) is 11.1 Å². The number of thioether (sulfide) groups is 1. The summed E-state index contributed by atoms with van der Waals surface area (Å²) in [6.07, 6.45) is 0. The van der Waals surface area contributed by atoms with Gasteiger partial charge in [-0.2, -0.15) is 0 Å². The Kier molecular flexibility index (Phi) is 4.62. The molecule has 130 valence electrons. The van der Waals surface area contributed by atoms with E-state index in [-0.39, 0.29) is 5.75 Å². The molecule has 6 nitrogen and oxygen atoms in total. The highest BCUT2D eigenvalue weighted by Crippen LogP contribution is 2.21. The summed E-state index contributed by atoms with van der Waals surface area (Å²) in [5, 5.41) is 10.5. The summed E-state index contributed by atoms with van der Waals surface area (Å²) in [5.41, 5.74) is 1.21. The number of nitrogens with zero attached hydrogens (tertiary/aromatic N) is 4. The van der Waals surface area contributed by atoms with Crippen molar-refractivity contribution in [3.63, 3.8) is 0 Å². The Hall–Kier alpha value is -2.62. The van der Waals surface area contributed by atoms with E-state index in [0.717, 1.165) is 35.3 Å². The third kappa shape index (κ3) is 3.43. The maximum atomic E-state index is 13.6. The molecule has 0 saturated carbocycles. The van der Waals surface area contributed by atoms with E-state index in [1.807, 2.05) is 19.9 Å². The lowest BCUT2D eigenvalue weighted by Crippen LogP contribution is -2.16. The minimum Gasteiger partial charge on any atom is -0.323 e. The van der Waals surface area contributed by atoms with Gasteiger partial charge in [0.1, 0.15) is 0 Å². The van der Waals surface area contributed by atoms with Crippen LogP contribution in [-0.2, 0) is 4.79 Å². The van der Waals surface area contributed by atoms with Crippen molar-refractivity contribution in [1.29, 1.82) is 0 Å². The number of benzene rings is 1. The van der Waals surface area contributed by atoms with Gasteiger partial charge >= 0.3 is 0 Å². The fourth-order valence-electron chi connectivity index (χ4n) is 2.23. The van der Waals surface area contributed by atoms with Gasteiger partial charge in [-0.1, -0.05) is 11.8 Å². The molecule has 3 rings (SSSR count). The summed E-state index contributed by atoms with van der Waals surface area (Å²) in [7, 11) is 0. The first kappa shape index (κ1) is 17.2. The summed E-state index contributed by atoms with van der Waals surface area (Å²) in [6.45, 7) is 3.68. The zero-order valence-corrected chi connectivity index (χ0v) is 14.0. The molecule has 0 spiro atoms. The number of hydrogen-bond donors (Lipinski definition) is 1. The summed E-state index contributed by atoms with van der Waals surface area (Å²) >= 11 is 1.06. The second kappa shape index (κ2) is 6.71. The van der Waals surface area contributed by atoms with Crippen LogP contribution in [0.15, 0.2) is 23.4 Å². The maximum absolute atomic E-state index is 13.6. The molecule has 2 aromatic heterocycles. The van der Waals surface area contributed by atoms with E-state index < -0.39 is 29.0 Å². The highest BCUT2D eigenvalue weighted by Gasteiger charge is 2.16. The van der Waals surface area contributed by atoms with Gasteiger partial charge in [0, 0.05) is 11.4 Å². The van der Waals surface area contributed by atoms with Gasteiger partial charge in [-0.25, -0.2) is 18.2 Å². The molecule has 3 aromatic rings. The molecule has 0 fully saturated rings. The van der Waals surface area contributed by atoms with Gasteiger partial charge in [0.05, 0.1) is 11.4 Å². The first-order chi connectivity index (χ1) is 11.9. The smallest absolute Gasteiger partial charge is 0.256 e. The fourth-order valence-corrected chi connectivity index (χ4v) is 3.02. The lowest BCUT2D eigenvalue weighted by atomic mass is 10.3. The zero-order chi connectivity index (χ0) is 18.1. The average molecular weight is 367 g/mol. The Morgan fingerprint density at radius 1 is 1.20 bits per heavy atom. The lowest BCUT2D eigenvalue weighted by Gasteiger charge is -2.07. The van der Waals surface area contributed by atoms with Gasteiger partial charge in [0.15, 0.2) is 22.6 Å². The van der Waals surface area contributed by atoms with Crippen LogP contribution in [0, 0.1) is 31.3 Å². The highest BCUT2D eigenvalue weighted by molar-refractivity contribution is 7.99. The normalized spacial score (nSPS) is 11.1. The standard InChI is InChI=1S/C15H12F3N5OS/c1-7-5-8(2)23-14(19-7)21-22-15(23)25-6-11(24)20-10-4-3-9(16)12(17)13(10)18/h3-5H,6H2,1-2H3,(H,20,24). The number of carbonyl (C=O) groups is 1. The van der Waals surface area contributed by atoms with Gasteiger partial charge in [-0.15, -0.1) is 10.2 Å². The second-order valence-corrected chi connectivity index (χ2v) is 6.16. The van der Waals surface area contributed by atoms with E-state index in [4.69, 9.17) is 0 Å². The number of halogens is 3. The summed E-state index contributed by atoms with van der Waals surface area (Å²) in [4.78, 5) is 16.2. The Labute approximate surface area is 144 Å². The Morgan fingerprint density at radius 2 is 1.96 bits per heavy atom. The minimum absolute atomic E-state index is 0.119. The van der Waals surface area contributed by atoms with Crippen molar-refractivity contribution >= 4 is 29.1 Å². The van der Waals surface area contributed by atoms with E-state index in [2.05, 4.69) is 20.5 Å². The van der Waals surface area contributed by atoms with Gasteiger partial charge < -0.3 is 5.32 Å². The Bertz CT molecular complexity index is 975. The van der Waals surface area contributed by atoms with E-state index in [1.165, 1.54) is 0 Å². The van der Waals surface area contributed by atoms with Crippen LogP contribution >= 0.6 is 11.8 Å². The molecule has 2 heterocycles. The molecule has 1 N–H and O–H groups in total. The molecule has 10 heteroatoms. The summed E-state index contributed by atoms with van der Waals surface area (Å²) < 4.78 is 41.3. The second-order valence-electron chi connectivity index (χ2n) is 5.22. The SMILES string of the molecule is Cc1cc(C)n2c(SCC(=O)Nc3ccc(F)c(F)c3F)nnc2n1. The van der Waals surface area contributed by atoms with Crippen molar-refractivity contribution in [2.24, 2.45) is 0 Å². The lowest BCUT2D eigenvalue weighted by molar-refractivity contribution is -0.113. The van der Waals surface area contributed by atoms with Crippen LogP contribution in [0.3, 0.4) is 0 Å². The topological polar surface area (TPSA) is 72.2 Å². The molecule has 0 atom stereocenters. The first-order valence-corrected chi connectivity index (χ1v) is 8.11. The molecule has 0 saturated heterocycles. The summed E-state index contributed by atoms with van der Waals surface area (Å²) in [6, 6.07) is 3.54. The number of hydrogen-bond acceptors (Lipinski definition) is 5. The number of carbonyl (C=O) groups excluding carboxylic acids is 1. The van der Waals surface area contributed by atoms with Crippen LogP contribution < -0.4 is 5.32 Å². The van der Waals surface area contributed by atoms with Crippen molar-refractivity contribution in [1.82, 2.24) is 19.6 Å². The van der Waals surface area contributed by atoms with Gasteiger partial charge in [0.2, 0.25) is 5.91 Å². The number of amides is 1. The average Bonchev–Trinajstić information content (AvgIpc) is 2.96. The third-order valence-corrected chi connectivity index (χ3v) is 4.23. The fraction of sp³-hybridized carbons (Fsp3) is 0.200. The zero-order valence-electron chi connectivity index (χ0n) is 13.2. The third-order valence-electron chi connectivity index (χ3n) is 3.30. The molecular weight excluding hydrogens is 355 g/mol. The Morgan fingerprint density at radius 3 is 2.72 bits per heavy atom. The number of nitrogens with one attached hydrogen (secondary N) is 1. The van der Waals surface area contributed by atoms with Crippen LogP contribution in [0.5, 0.6) is 0 Å². The molecule has 0 aliphatic heterocycles. The van der Waals surface area contributed by atoms with Crippen molar-refractivity contribution in [3.05, 3.63) is 47.0 Å². The predicted octanol–water partition coefficient (Wildman–Crippen LogP) is 2.89. The minimum atomic E-state index is -1.63. The van der Waals surface area contributed by atoms with Gasteiger partial charge in [-0.3, -0.25) is 9.20 Å². The number of anilines is 1. The predicted molar refractivity (Wildman–Crippen MR) is 85.9 cm³/mol. The molecule has 0 aliphatic rings. The number of rotatable bonds is 4. The quantitative estimate of drug-likeness (QED) is 0.567. The molecule has 0 unspecified atom stereocenters. The van der Waals surface area contributed by atoms with E-state index in [1.54, 1.807) is 4.40 Å². The molecule has 0 radical (unpaired) electrons. The van der Waals surface area contributed by atoms with E-state index in [0.29, 0.717) is 10.9 Å². The molecule has 0 bridgehead atoms. The van der Waals surface area contributed by atoms with Gasteiger partial charge in [0.25, 0.3) is 5.78 Å². The number of aromatic nitrogens is 4. The van der Waals surface area contributed by atoms with Crippen LogP contribution in [0.1, 0.15) is 11.4 Å². The molecule has 1 amide bonds.